The van der Waals surface area contributed by atoms with Crippen molar-refractivity contribution in [2.24, 2.45) is 10.7 Å². The van der Waals surface area contributed by atoms with Gasteiger partial charge in [0.15, 0.2) is 17.5 Å². The maximum Gasteiger partial charge on any atom is 0.189 e. The van der Waals surface area contributed by atoms with Crippen molar-refractivity contribution in [1.29, 1.82) is 0 Å². The molecule has 154 valence electrons. The van der Waals surface area contributed by atoms with Crippen LogP contribution in [0.3, 0.4) is 0 Å². The molecule has 0 bridgehead atoms. The molecule has 1 aromatic heterocycles. The van der Waals surface area contributed by atoms with Crippen LogP contribution in [0.25, 0.3) is 0 Å². The van der Waals surface area contributed by atoms with Crippen LogP contribution >= 0.6 is 24.0 Å². The van der Waals surface area contributed by atoms with E-state index in [1.807, 2.05) is 47.3 Å². The largest absolute Gasteiger partial charge is 0.493 e. The first kappa shape index (κ1) is 22.5. The van der Waals surface area contributed by atoms with Crippen LogP contribution < -0.4 is 20.5 Å². The number of rotatable bonds is 8. The summed E-state index contributed by atoms with van der Waals surface area (Å²) in [5, 5.41) is 7.36. The summed E-state index contributed by atoms with van der Waals surface area (Å²) in [5.41, 5.74) is 9.31. The van der Waals surface area contributed by atoms with Gasteiger partial charge >= 0.3 is 0 Å². The summed E-state index contributed by atoms with van der Waals surface area (Å²) < 4.78 is 12.5. The number of benzene rings is 2. The predicted octanol–water partition coefficient (Wildman–Crippen LogP) is 3.17. The zero-order valence-electron chi connectivity index (χ0n) is 16.5. The zero-order chi connectivity index (χ0) is 19.8. The Balaban J connectivity index is 0.00000300. The summed E-state index contributed by atoms with van der Waals surface area (Å²) in [6.07, 6.45) is 3.72. The van der Waals surface area contributed by atoms with E-state index in [0.717, 1.165) is 17.7 Å². The molecule has 0 aliphatic rings. The van der Waals surface area contributed by atoms with Crippen LogP contribution in [0.2, 0.25) is 0 Å². The van der Waals surface area contributed by atoms with E-state index in [9.17, 15) is 0 Å². The normalized spacial score (nSPS) is 10.9. The van der Waals surface area contributed by atoms with Gasteiger partial charge < -0.3 is 20.5 Å². The van der Waals surface area contributed by atoms with E-state index in [0.29, 0.717) is 30.5 Å². The van der Waals surface area contributed by atoms with Crippen LogP contribution in [0, 0.1) is 0 Å². The quantitative estimate of drug-likeness (QED) is 0.278. The van der Waals surface area contributed by atoms with E-state index in [2.05, 4.69) is 27.5 Å². The molecule has 1 heterocycles. The number of ether oxygens (including phenoxy) is 2. The topological polar surface area (TPSA) is 86.7 Å². The van der Waals surface area contributed by atoms with Crippen LogP contribution in [0.15, 0.2) is 65.9 Å². The molecule has 0 amide bonds. The van der Waals surface area contributed by atoms with Crippen molar-refractivity contribution in [3.05, 3.63) is 77.6 Å². The summed E-state index contributed by atoms with van der Waals surface area (Å²) in [7, 11) is 3.23. The smallest absolute Gasteiger partial charge is 0.189 e. The minimum atomic E-state index is 0. The van der Waals surface area contributed by atoms with Gasteiger partial charge in [-0.1, -0.05) is 30.3 Å². The number of aromatic nitrogens is 2. The maximum absolute atomic E-state index is 6.01. The summed E-state index contributed by atoms with van der Waals surface area (Å²) in [6, 6.07) is 15.9. The van der Waals surface area contributed by atoms with Crippen LogP contribution in [-0.2, 0) is 19.6 Å². The van der Waals surface area contributed by atoms with Crippen LogP contribution in [0.5, 0.6) is 11.5 Å². The number of halogens is 1. The average Bonchev–Trinajstić information content (AvgIpc) is 3.23. The standard InChI is InChI=1S/C21H25N5O2.HI/c1-27-19-8-7-17(12-20(19)28-2)14-24-21(22)23-13-16-5-3-6-18(11-16)15-26-10-4-9-25-26;/h3-12H,13-15H2,1-2H3,(H3,22,23,24);1H. The van der Waals surface area contributed by atoms with Crippen molar-refractivity contribution in [3.8, 4) is 11.5 Å². The van der Waals surface area contributed by atoms with Gasteiger partial charge in [-0.15, -0.1) is 24.0 Å². The molecule has 8 heteroatoms. The van der Waals surface area contributed by atoms with Gasteiger partial charge in [0.25, 0.3) is 0 Å². The SMILES string of the molecule is COc1ccc(CNC(N)=NCc2cccc(Cn3cccn3)c2)cc1OC.I. The number of hydrogen-bond donors (Lipinski definition) is 2. The molecule has 0 unspecified atom stereocenters. The third-order valence-electron chi connectivity index (χ3n) is 4.25. The third-order valence-corrected chi connectivity index (χ3v) is 4.25. The average molecular weight is 507 g/mol. The van der Waals surface area contributed by atoms with Gasteiger partial charge in [-0.05, 0) is 34.9 Å². The van der Waals surface area contributed by atoms with Crippen molar-refractivity contribution in [3.63, 3.8) is 0 Å². The molecule has 0 radical (unpaired) electrons. The highest BCUT2D eigenvalue weighted by Crippen LogP contribution is 2.27. The first-order valence-electron chi connectivity index (χ1n) is 8.98. The Morgan fingerprint density at radius 1 is 1.03 bits per heavy atom. The fourth-order valence-corrected chi connectivity index (χ4v) is 2.82. The Bertz CT molecular complexity index is 929. The van der Waals surface area contributed by atoms with E-state index in [4.69, 9.17) is 15.2 Å². The highest BCUT2D eigenvalue weighted by molar-refractivity contribution is 14.0. The van der Waals surface area contributed by atoms with Gasteiger partial charge in [0.05, 0.1) is 27.3 Å². The molecule has 0 aliphatic heterocycles. The lowest BCUT2D eigenvalue weighted by Gasteiger charge is -2.11. The van der Waals surface area contributed by atoms with Crippen molar-refractivity contribution in [1.82, 2.24) is 15.1 Å². The van der Waals surface area contributed by atoms with Gasteiger partial charge in [-0.25, -0.2) is 4.99 Å². The van der Waals surface area contributed by atoms with Gasteiger partial charge in [-0.3, -0.25) is 4.68 Å². The van der Waals surface area contributed by atoms with E-state index in [1.165, 1.54) is 5.56 Å². The Labute approximate surface area is 187 Å². The second-order valence-corrected chi connectivity index (χ2v) is 6.27. The molecule has 0 atom stereocenters. The molecule has 0 spiro atoms. The summed E-state index contributed by atoms with van der Waals surface area (Å²) in [4.78, 5) is 4.43. The maximum atomic E-state index is 6.01. The molecule has 29 heavy (non-hydrogen) atoms. The Kier molecular flexibility index (Phi) is 8.78. The molecule has 7 nitrogen and oxygen atoms in total. The number of nitrogens with two attached hydrogens (primary N) is 1. The lowest BCUT2D eigenvalue weighted by Crippen LogP contribution is -2.31. The van der Waals surface area contributed by atoms with Crippen LogP contribution in [-0.4, -0.2) is 30.0 Å². The lowest BCUT2D eigenvalue weighted by atomic mass is 10.1. The monoisotopic (exact) mass is 507 g/mol. The fraction of sp³-hybridized carbons (Fsp3) is 0.238. The molecule has 0 saturated heterocycles. The van der Waals surface area contributed by atoms with Crippen molar-refractivity contribution in [2.75, 3.05) is 14.2 Å². The van der Waals surface area contributed by atoms with Crippen molar-refractivity contribution in [2.45, 2.75) is 19.6 Å². The molecule has 3 rings (SSSR count). The number of nitrogens with one attached hydrogen (secondary N) is 1. The summed E-state index contributed by atoms with van der Waals surface area (Å²) in [5.74, 6) is 1.78. The van der Waals surface area contributed by atoms with Gasteiger partial charge in [-0.2, -0.15) is 5.10 Å². The first-order valence-corrected chi connectivity index (χ1v) is 8.98. The number of guanidine groups is 1. The second-order valence-electron chi connectivity index (χ2n) is 6.27. The second kappa shape index (κ2) is 11.3. The highest BCUT2D eigenvalue weighted by Gasteiger charge is 2.05. The molecule has 3 N–H and O–H groups in total. The molecule has 2 aromatic carbocycles. The predicted molar refractivity (Wildman–Crippen MR) is 125 cm³/mol. The van der Waals surface area contributed by atoms with Crippen LogP contribution in [0.1, 0.15) is 16.7 Å². The molecule has 0 aliphatic carbocycles. The Morgan fingerprint density at radius 3 is 2.55 bits per heavy atom. The van der Waals surface area contributed by atoms with E-state index in [1.54, 1.807) is 20.4 Å². The lowest BCUT2D eigenvalue weighted by molar-refractivity contribution is 0.354. The van der Waals surface area contributed by atoms with Crippen LogP contribution in [0.4, 0.5) is 0 Å². The molecule has 0 fully saturated rings. The van der Waals surface area contributed by atoms with Crippen molar-refractivity contribution < 1.29 is 9.47 Å². The van der Waals surface area contributed by atoms with Gasteiger partial charge in [0.1, 0.15) is 0 Å². The third kappa shape index (κ3) is 6.67. The Hall–Kier alpha value is -2.75. The summed E-state index contributed by atoms with van der Waals surface area (Å²) in [6.45, 7) is 1.80. The minimum Gasteiger partial charge on any atom is -0.493 e. The number of nitrogens with zero attached hydrogens (tertiary/aromatic N) is 3. The Morgan fingerprint density at radius 2 is 1.83 bits per heavy atom. The molecular weight excluding hydrogens is 481 g/mol. The first-order chi connectivity index (χ1) is 13.7. The van der Waals surface area contributed by atoms with E-state index in [-0.39, 0.29) is 24.0 Å². The van der Waals surface area contributed by atoms with Gasteiger partial charge in [0, 0.05) is 18.9 Å². The molecule has 3 aromatic rings. The fourth-order valence-electron chi connectivity index (χ4n) is 2.82. The minimum absolute atomic E-state index is 0. The molecule has 0 saturated carbocycles. The summed E-state index contributed by atoms with van der Waals surface area (Å²) >= 11 is 0. The highest BCUT2D eigenvalue weighted by atomic mass is 127. The van der Waals surface area contributed by atoms with Crippen molar-refractivity contribution >= 4 is 29.9 Å². The van der Waals surface area contributed by atoms with Gasteiger partial charge in [0.2, 0.25) is 0 Å². The zero-order valence-corrected chi connectivity index (χ0v) is 18.9. The van der Waals surface area contributed by atoms with E-state index >= 15 is 0 Å². The molecular formula is C21H26IN5O2. The van der Waals surface area contributed by atoms with E-state index < -0.39 is 0 Å². The number of hydrogen-bond acceptors (Lipinski definition) is 4. The number of aliphatic imine (C=N–C) groups is 1. The number of methoxy groups -OCH3 is 2.